The Morgan fingerprint density at radius 2 is 2.04 bits per heavy atom. The minimum atomic E-state index is -0.377. The third-order valence-corrected chi connectivity index (χ3v) is 4.06. The summed E-state index contributed by atoms with van der Waals surface area (Å²) in [4.78, 5) is 21.1. The number of carbonyl (C=O) groups is 1. The van der Waals surface area contributed by atoms with Crippen LogP contribution >= 0.6 is 11.6 Å². The van der Waals surface area contributed by atoms with Gasteiger partial charge in [-0.1, -0.05) is 11.6 Å². The lowest BCUT2D eigenvalue weighted by Gasteiger charge is -2.07. The molecule has 6 nitrogen and oxygen atoms in total. The number of hydrogen-bond donors (Lipinski definition) is 0. The average Bonchev–Trinajstić information content (AvgIpc) is 2.79. The topological polar surface area (TPSA) is 65.7 Å². The number of carbonyl (C=O) groups excluding carboxylic acids is 1. The van der Waals surface area contributed by atoms with Gasteiger partial charge < -0.3 is 9.47 Å². The normalized spacial score (nSPS) is 11.2. The second kappa shape index (κ2) is 5.70. The smallest absolute Gasteiger partial charge is 0.340 e. The first-order valence-electron chi connectivity index (χ1n) is 7.18. The summed E-state index contributed by atoms with van der Waals surface area (Å²) in [6, 6.07) is 3.50. The van der Waals surface area contributed by atoms with Crippen molar-refractivity contribution in [1.82, 2.24) is 14.4 Å². The van der Waals surface area contributed by atoms with Crippen molar-refractivity contribution in [2.45, 2.75) is 20.8 Å². The molecule has 0 spiro atoms. The Kier molecular flexibility index (Phi) is 3.85. The first kappa shape index (κ1) is 15.6. The van der Waals surface area contributed by atoms with Gasteiger partial charge in [-0.25, -0.2) is 9.78 Å². The second-order valence-electron chi connectivity index (χ2n) is 5.09. The van der Waals surface area contributed by atoms with Crippen LogP contribution in [0, 0.1) is 13.8 Å². The SMILES string of the molecule is CCOC(=O)c1c(C)c2c(Cl)nc3ccc(OC)nc3n2c1C. The van der Waals surface area contributed by atoms with Crippen LogP contribution in [0.1, 0.15) is 28.5 Å². The Labute approximate surface area is 138 Å². The molecule has 0 atom stereocenters. The van der Waals surface area contributed by atoms with Crippen molar-refractivity contribution in [2.75, 3.05) is 13.7 Å². The van der Waals surface area contributed by atoms with Gasteiger partial charge in [-0.05, 0) is 32.4 Å². The zero-order valence-electron chi connectivity index (χ0n) is 13.3. The number of fused-ring (bicyclic) bond motifs is 3. The van der Waals surface area contributed by atoms with Crippen LogP contribution in [0.25, 0.3) is 16.7 Å². The fourth-order valence-corrected chi connectivity index (χ4v) is 3.12. The van der Waals surface area contributed by atoms with Crippen LogP contribution in [0.3, 0.4) is 0 Å². The number of rotatable bonds is 3. The molecule has 120 valence electrons. The Morgan fingerprint density at radius 1 is 1.30 bits per heavy atom. The number of pyridine rings is 1. The number of hydrogen-bond acceptors (Lipinski definition) is 5. The zero-order valence-corrected chi connectivity index (χ0v) is 14.1. The minimum Gasteiger partial charge on any atom is -0.481 e. The lowest BCUT2D eigenvalue weighted by atomic mass is 10.1. The van der Waals surface area contributed by atoms with E-state index in [9.17, 15) is 4.79 Å². The van der Waals surface area contributed by atoms with Crippen molar-refractivity contribution >= 4 is 34.3 Å². The van der Waals surface area contributed by atoms with Gasteiger partial charge in [-0.2, -0.15) is 4.98 Å². The van der Waals surface area contributed by atoms with Gasteiger partial charge in [0.2, 0.25) is 5.88 Å². The monoisotopic (exact) mass is 333 g/mol. The molecule has 0 radical (unpaired) electrons. The highest BCUT2D eigenvalue weighted by molar-refractivity contribution is 6.33. The van der Waals surface area contributed by atoms with E-state index in [1.54, 1.807) is 26.2 Å². The van der Waals surface area contributed by atoms with E-state index >= 15 is 0 Å². The van der Waals surface area contributed by atoms with Crippen LogP contribution in [-0.2, 0) is 4.74 Å². The molecule has 7 heteroatoms. The molecule has 0 fully saturated rings. The quantitative estimate of drug-likeness (QED) is 0.688. The molecule has 0 amide bonds. The Hall–Kier alpha value is -2.34. The number of esters is 1. The summed E-state index contributed by atoms with van der Waals surface area (Å²) in [6.07, 6.45) is 0. The van der Waals surface area contributed by atoms with E-state index in [4.69, 9.17) is 21.1 Å². The number of ether oxygens (including phenoxy) is 2. The number of aromatic nitrogens is 3. The fourth-order valence-electron chi connectivity index (χ4n) is 2.80. The maximum absolute atomic E-state index is 12.3. The van der Waals surface area contributed by atoms with E-state index in [-0.39, 0.29) is 5.97 Å². The van der Waals surface area contributed by atoms with Crippen LogP contribution in [-0.4, -0.2) is 34.1 Å². The summed E-state index contributed by atoms with van der Waals surface area (Å²) in [5.74, 6) is 0.0877. The van der Waals surface area contributed by atoms with E-state index in [1.165, 1.54) is 0 Å². The van der Waals surface area contributed by atoms with Crippen LogP contribution in [0.5, 0.6) is 5.88 Å². The maximum atomic E-state index is 12.3. The van der Waals surface area contributed by atoms with Crippen LogP contribution < -0.4 is 4.74 Å². The molecule has 0 unspecified atom stereocenters. The number of nitrogens with zero attached hydrogens (tertiary/aromatic N) is 3. The van der Waals surface area contributed by atoms with Crippen molar-refractivity contribution in [3.8, 4) is 5.88 Å². The highest BCUT2D eigenvalue weighted by Crippen LogP contribution is 2.31. The molecular weight excluding hydrogens is 318 g/mol. The number of halogens is 1. The fraction of sp³-hybridized carbons (Fsp3) is 0.312. The third-order valence-electron chi connectivity index (χ3n) is 3.79. The average molecular weight is 334 g/mol. The van der Waals surface area contributed by atoms with Crippen molar-refractivity contribution in [3.05, 3.63) is 34.1 Å². The van der Waals surface area contributed by atoms with Gasteiger partial charge in [0.05, 0.1) is 24.8 Å². The first-order chi connectivity index (χ1) is 11.0. The van der Waals surface area contributed by atoms with E-state index in [2.05, 4.69) is 9.97 Å². The molecule has 3 aromatic heterocycles. The maximum Gasteiger partial charge on any atom is 0.340 e. The molecule has 0 aliphatic carbocycles. The minimum absolute atomic E-state index is 0.308. The summed E-state index contributed by atoms with van der Waals surface area (Å²) < 4.78 is 12.2. The molecule has 0 saturated carbocycles. The third kappa shape index (κ3) is 2.30. The van der Waals surface area contributed by atoms with Gasteiger partial charge in [0, 0.05) is 11.8 Å². The van der Waals surface area contributed by atoms with Gasteiger partial charge in [0.15, 0.2) is 10.8 Å². The first-order valence-corrected chi connectivity index (χ1v) is 7.56. The van der Waals surface area contributed by atoms with Crippen molar-refractivity contribution in [3.63, 3.8) is 0 Å². The molecule has 0 aliphatic heterocycles. The van der Waals surface area contributed by atoms with Gasteiger partial charge in [0.25, 0.3) is 0 Å². The lowest BCUT2D eigenvalue weighted by molar-refractivity contribution is 0.0525. The molecule has 3 aromatic rings. The summed E-state index contributed by atoms with van der Waals surface area (Å²) in [7, 11) is 1.55. The van der Waals surface area contributed by atoms with Crippen LogP contribution in [0.2, 0.25) is 5.15 Å². The molecule has 3 rings (SSSR count). The summed E-state index contributed by atoms with van der Waals surface area (Å²) in [5, 5.41) is 0.320. The number of methoxy groups -OCH3 is 1. The van der Waals surface area contributed by atoms with E-state index in [0.717, 1.165) is 5.56 Å². The van der Waals surface area contributed by atoms with Gasteiger partial charge in [-0.3, -0.25) is 4.40 Å². The zero-order chi connectivity index (χ0) is 16.7. The van der Waals surface area contributed by atoms with Gasteiger partial charge >= 0.3 is 5.97 Å². The standard InChI is InChI=1S/C16H16ClN3O3/c1-5-23-16(21)12-8(2)13-14(17)18-10-6-7-11(22-4)19-15(10)20(13)9(12)3/h6-7H,5H2,1-4H3. The molecule has 23 heavy (non-hydrogen) atoms. The lowest BCUT2D eigenvalue weighted by Crippen LogP contribution is -2.07. The Balaban J connectivity index is 2.45. The van der Waals surface area contributed by atoms with Crippen molar-refractivity contribution in [2.24, 2.45) is 0 Å². The van der Waals surface area contributed by atoms with Crippen molar-refractivity contribution < 1.29 is 14.3 Å². The summed E-state index contributed by atoms with van der Waals surface area (Å²) in [5.41, 5.74) is 3.79. The van der Waals surface area contributed by atoms with Gasteiger partial charge in [0.1, 0.15) is 5.52 Å². The predicted molar refractivity (Wildman–Crippen MR) is 87.5 cm³/mol. The molecule has 0 bridgehead atoms. The summed E-state index contributed by atoms with van der Waals surface area (Å²) >= 11 is 6.34. The van der Waals surface area contributed by atoms with Gasteiger partial charge in [-0.15, -0.1) is 0 Å². The molecule has 3 heterocycles. The Bertz CT molecular complexity index is 934. The van der Waals surface area contributed by atoms with Crippen LogP contribution in [0.4, 0.5) is 0 Å². The molecular formula is C16H16ClN3O3. The van der Waals surface area contributed by atoms with E-state index in [0.29, 0.717) is 45.6 Å². The number of aryl methyl sites for hydroxylation is 2. The molecule has 0 aliphatic rings. The molecule has 0 N–H and O–H groups in total. The predicted octanol–water partition coefficient (Wildman–Crippen LogP) is 3.34. The van der Waals surface area contributed by atoms with E-state index < -0.39 is 0 Å². The van der Waals surface area contributed by atoms with Crippen LogP contribution in [0.15, 0.2) is 12.1 Å². The largest absolute Gasteiger partial charge is 0.481 e. The van der Waals surface area contributed by atoms with E-state index in [1.807, 2.05) is 18.2 Å². The Morgan fingerprint density at radius 3 is 2.70 bits per heavy atom. The highest BCUT2D eigenvalue weighted by Gasteiger charge is 2.24. The molecule has 0 saturated heterocycles. The summed E-state index contributed by atoms with van der Waals surface area (Å²) in [6.45, 7) is 5.74. The second-order valence-corrected chi connectivity index (χ2v) is 5.45. The molecule has 0 aromatic carbocycles. The highest BCUT2D eigenvalue weighted by atomic mass is 35.5. The van der Waals surface area contributed by atoms with Crippen molar-refractivity contribution in [1.29, 1.82) is 0 Å².